The lowest BCUT2D eigenvalue weighted by Crippen LogP contribution is -2.55. The Labute approximate surface area is 222 Å². The van der Waals surface area contributed by atoms with Crippen molar-refractivity contribution in [2.75, 3.05) is 45.2 Å². The highest BCUT2D eigenvalue weighted by Gasteiger charge is 2.43. The third kappa shape index (κ3) is 5.09. The molecule has 3 unspecified atom stereocenters. The second-order valence-corrected chi connectivity index (χ2v) is 11.4. The van der Waals surface area contributed by atoms with Gasteiger partial charge in [0.15, 0.2) is 0 Å². The summed E-state index contributed by atoms with van der Waals surface area (Å²) >= 11 is 7.82. The first kappa shape index (κ1) is 25.0. The summed E-state index contributed by atoms with van der Waals surface area (Å²) in [5.41, 5.74) is 2.01. The molecule has 1 saturated carbocycles. The SMILES string of the molecule is COc1ccccc1/C=C1\SC2CCC(C(=O)N3CCN(c4cccc(Cl)c4)CC3)CC2N(C)C1=O. The fraction of sp³-hybridized carbons (Fsp3) is 0.429. The average molecular weight is 526 g/mol. The van der Waals surface area contributed by atoms with Gasteiger partial charge in [-0.3, -0.25) is 9.59 Å². The fourth-order valence-corrected chi connectivity index (χ4v) is 7.22. The van der Waals surface area contributed by atoms with Crippen molar-refractivity contribution in [3.8, 4) is 5.75 Å². The van der Waals surface area contributed by atoms with E-state index in [1.807, 2.05) is 65.4 Å². The Bertz CT molecular complexity index is 1160. The van der Waals surface area contributed by atoms with Gasteiger partial charge in [0.2, 0.25) is 5.91 Å². The van der Waals surface area contributed by atoms with E-state index in [0.29, 0.717) is 18.3 Å². The first-order valence-corrected chi connectivity index (χ1v) is 13.8. The lowest BCUT2D eigenvalue weighted by molar-refractivity contribution is -0.139. The van der Waals surface area contributed by atoms with Crippen molar-refractivity contribution in [3.63, 3.8) is 0 Å². The maximum atomic E-state index is 13.4. The van der Waals surface area contributed by atoms with E-state index in [-0.39, 0.29) is 23.8 Å². The van der Waals surface area contributed by atoms with Crippen molar-refractivity contribution in [3.05, 3.63) is 64.0 Å². The highest BCUT2D eigenvalue weighted by Crippen LogP contribution is 2.44. The minimum Gasteiger partial charge on any atom is -0.496 e. The lowest BCUT2D eigenvalue weighted by atomic mass is 9.83. The van der Waals surface area contributed by atoms with Crippen LogP contribution in [0.25, 0.3) is 6.08 Å². The Balaban J connectivity index is 1.21. The van der Waals surface area contributed by atoms with Crippen LogP contribution in [0.15, 0.2) is 53.4 Å². The number of methoxy groups -OCH3 is 1. The summed E-state index contributed by atoms with van der Waals surface area (Å²) in [5, 5.41) is 1.03. The summed E-state index contributed by atoms with van der Waals surface area (Å²) in [6.45, 7) is 3.03. The number of carbonyl (C=O) groups is 2. The zero-order chi connectivity index (χ0) is 25.2. The van der Waals surface area contributed by atoms with Crippen molar-refractivity contribution >= 4 is 46.9 Å². The van der Waals surface area contributed by atoms with Gasteiger partial charge in [0, 0.05) is 66.7 Å². The molecule has 0 aromatic heterocycles. The van der Waals surface area contributed by atoms with Crippen LogP contribution in [0, 0.1) is 5.92 Å². The molecule has 2 aromatic rings. The standard InChI is InChI=1S/C28H32ClN3O3S/c1-30-23-16-20(27(33)32-14-12-31(13-15-32)22-8-5-7-21(29)18-22)10-11-25(23)36-26(28(30)34)17-19-6-3-4-9-24(19)35-2/h3-9,17-18,20,23,25H,10-16H2,1-2H3/b26-17-. The Morgan fingerprint density at radius 3 is 2.61 bits per heavy atom. The summed E-state index contributed by atoms with van der Waals surface area (Å²) in [6.07, 6.45) is 4.46. The molecule has 2 aliphatic heterocycles. The zero-order valence-electron chi connectivity index (χ0n) is 20.7. The second-order valence-electron chi connectivity index (χ2n) is 9.69. The van der Waals surface area contributed by atoms with Crippen LogP contribution in [0.2, 0.25) is 5.02 Å². The van der Waals surface area contributed by atoms with E-state index in [4.69, 9.17) is 16.3 Å². The van der Waals surface area contributed by atoms with Crippen LogP contribution in [0.3, 0.4) is 0 Å². The van der Waals surface area contributed by atoms with Crippen LogP contribution in [-0.4, -0.2) is 73.2 Å². The number of hydrogen-bond donors (Lipinski definition) is 0. The highest BCUT2D eigenvalue weighted by molar-refractivity contribution is 8.04. The molecule has 3 aliphatic rings. The molecule has 0 N–H and O–H groups in total. The van der Waals surface area contributed by atoms with Crippen LogP contribution in [-0.2, 0) is 9.59 Å². The quantitative estimate of drug-likeness (QED) is 0.538. The summed E-state index contributed by atoms with van der Waals surface area (Å²) in [4.78, 5) is 33.6. The molecule has 36 heavy (non-hydrogen) atoms. The van der Waals surface area contributed by atoms with Crippen LogP contribution < -0.4 is 9.64 Å². The van der Waals surface area contributed by atoms with E-state index < -0.39 is 0 Å². The number of piperazine rings is 1. The number of fused-ring (bicyclic) bond motifs is 1. The maximum absolute atomic E-state index is 13.4. The molecule has 2 amide bonds. The van der Waals surface area contributed by atoms with E-state index in [1.165, 1.54) is 0 Å². The predicted molar refractivity (Wildman–Crippen MR) is 146 cm³/mol. The van der Waals surface area contributed by atoms with Crippen molar-refractivity contribution in [2.45, 2.75) is 30.6 Å². The summed E-state index contributed by atoms with van der Waals surface area (Å²) < 4.78 is 5.46. The number of carbonyl (C=O) groups excluding carboxylic acids is 2. The van der Waals surface area contributed by atoms with Crippen molar-refractivity contribution < 1.29 is 14.3 Å². The number of anilines is 1. The molecule has 0 radical (unpaired) electrons. The largest absolute Gasteiger partial charge is 0.496 e. The van der Waals surface area contributed by atoms with E-state index >= 15 is 0 Å². The molecule has 0 spiro atoms. The molecule has 0 bridgehead atoms. The molecule has 8 heteroatoms. The first-order valence-electron chi connectivity index (χ1n) is 12.5. The normalized spacial score (nSPS) is 25.6. The Kier molecular flexibility index (Phi) is 7.49. The Morgan fingerprint density at radius 2 is 1.86 bits per heavy atom. The summed E-state index contributed by atoms with van der Waals surface area (Å²) in [5.74, 6) is 0.989. The number of thioether (sulfide) groups is 1. The molecule has 3 fully saturated rings. The van der Waals surface area contributed by atoms with Gasteiger partial charge in [-0.05, 0) is 49.6 Å². The molecule has 2 saturated heterocycles. The average Bonchev–Trinajstić information content (AvgIpc) is 2.91. The summed E-state index contributed by atoms with van der Waals surface area (Å²) in [7, 11) is 3.52. The molecule has 3 atom stereocenters. The predicted octanol–water partition coefficient (Wildman–Crippen LogP) is 4.78. The van der Waals surface area contributed by atoms with Gasteiger partial charge in [0.1, 0.15) is 5.75 Å². The Morgan fingerprint density at radius 1 is 1.08 bits per heavy atom. The number of ether oxygens (including phenoxy) is 1. The maximum Gasteiger partial charge on any atom is 0.260 e. The molecule has 6 nitrogen and oxygen atoms in total. The van der Waals surface area contributed by atoms with Gasteiger partial charge >= 0.3 is 0 Å². The third-order valence-electron chi connectivity index (χ3n) is 7.60. The van der Waals surface area contributed by atoms with Crippen LogP contribution in [0.5, 0.6) is 5.75 Å². The van der Waals surface area contributed by atoms with Crippen LogP contribution >= 0.6 is 23.4 Å². The minimum absolute atomic E-state index is 0.0235. The molecule has 5 rings (SSSR count). The number of likely N-dealkylation sites (N-methyl/N-ethyl adjacent to an activating group) is 1. The second kappa shape index (κ2) is 10.8. The van der Waals surface area contributed by atoms with Gasteiger partial charge in [0.25, 0.3) is 5.91 Å². The number of halogens is 1. The molecular formula is C28H32ClN3O3S. The van der Waals surface area contributed by atoms with E-state index in [0.717, 1.165) is 59.3 Å². The number of amides is 2. The van der Waals surface area contributed by atoms with E-state index in [1.54, 1.807) is 18.9 Å². The van der Waals surface area contributed by atoms with Gasteiger partial charge < -0.3 is 19.4 Å². The van der Waals surface area contributed by atoms with Crippen LogP contribution in [0.4, 0.5) is 5.69 Å². The van der Waals surface area contributed by atoms with Gasteiger partial charge in [-0.2, -0.15) is 0 Å². The first-order chi connectivity index (χ1) is 17.4. The molecular weight excluding hydrogens is 494 g/mol. The molecule has 2 heterocycles. The van der Waals surface area contributed by atoms with Crippen LogP contribution in [0.1, 0.15) is 24.8 Å². The third-order valence-corrected chi connectivity index (χ3v) is 9.24. The highest BCUT2D eigenvalue weighted by atomic mass is 35.5. The van der Waals surface area contributed by atoms with Crippen molar-refractivity contribution in [1.82, 2.24) is 9.80 Å². The van der Waals surface area contributed by atoms with Gasteiger partial charge in [0.05, 0.1) is 12.0 Å². The molecule has 190 valence electrons. The number of nitrogens with zero attached hydrogens (tertiary/aromatic N) is 3. The van der Waals surface area contributed by atoms with Crippen molar-refractivity contribution in [1.29, 1.82) is 0 Å². The van der Waals surface area contributed by atoms with Crippen molar-refractivity contribution in [2.24, 2.45) is 5.92 Å². The number of rotatable bonds is 4. The topological polar surface area (TPSA) is 53.1 Å². The molecule has 2 aromatic carbocycles. The van der Waals surface area contributed by atoms with E-state index in [9.17, 15) is 9.59 Å². The monoisotopic (exact) mass is 525 g/mol. The Hall–Kier alpha value is -2.64. The number of para-hydroxylation sites is 1. The smallest absolute Gasteiger partial charge is 0.260 e. The number of hydrogen-bond acceptors (Lipinski definition) is 5. The zero-order valence-corrected chi connectivity index (χ0v) is 22.3. The minimum atomic E-state index is -0.0282. The fourth-order valence-electron chi connectivity index (χ4n) is 5.56. The number of benzene rings is 2. The van der Waals surface area contributed by atoms with Gasteiger partial charge in [-0.25, -0.2) is 0 Å². The van der Waals surface area contributed by atoms with E-state index in [2.05, 4.69) is 11.0 Å². The van der Waals surface area contributed by atoms with Gasteiger partial charge in [-0.15, -0.1) is 11.8 Å². The van der Waals surface area contributed by atoms with Gasteiger partial charge in [-0.1, -0.05) is 35.9 Å². The molecule has 1 aliphatic carbocycles. The summed E-state index contributed by atoms with van der Waals surface area (Å²) in [6, 6.07) is 15.7. The lowest BCUT2D eigenvalue weighted by Gasteiger charge is -2.45.